The van der Waals surface area contributed by atoms with E-state index >= 15 is 0 Å². The first-order valence-corrected chi connectivity index (χ1v) is 11.2. The van der Waals surface area contributed by atoms with Gasteiger partial charge in [0.05, 0.1) is 17.9 Å². The van der Waals surface area contributed by atoms with Crippen molar-refractivity contribution in [2.24, 2.45) is 15.4 Å². The molecule has 0 saturated carbocycles. The maximum absolute atomic E-state index is 12.2. The molecule has 1 amide bonds. The van der Waals surface area contributed by atoms with E-state index in [1.807, 2.05) is 48.5 Å². The van der Waals surface area contributed by atoms with Crippen molar-refractivity contribution in [2.75, 3.05) is 19.7 Å². The minimum Gasteiger partial charge on any atom is -0.493 e. The number of hydrogen-bond acceptors (Lipinski definition) is 6. The van der Waals surface area contributed by atoms with E-state index in [9.17, 15) is 9.90 Å². The lowest BCUT2D eigenvalue weighted by Crippen LogP contribution is -2.22. The highest BCUT2D eigenvalue weighted by Gasteiger charge is 2.20. The zero-order valence-corrected chi connectivity index (χ0v) is 19.3. The summed E-state index contributed by atoms with van der Waals surface area (Å²) in [6.45, 7) is 4.00. The molecule has 1 saturated heterocycles. The molecule has 3 aromatic rings. The minimum absolute atomic E-state index is 0.0135. The summed E-state index contributed by atoms with van der Waals surface area (Å²) >= 11 is 3.46. The SMILES string of the molecule is C/C(=N\OCC(=O)N=Nc1c(O)n(CN2CCCC2)c2ccc(Br)cc12)c1ccccc1. The Hall–Kier alpha value is -3.04. The van der Waals surface area contributed by atoms with Crippen LogP contribution in [0.4, 0.5) is 5.69 Å². The van der Waals surface area contributed by atoms with Crippen LogP contribution >= 0.6 is 15.9 Å². The second-order valence-corrected chi connectivity index (χ2v) is 8.55. The summed E-state index contributed by atoms with van der Waals surface area (Å²) in [6, 6.07) is 15.2. The quantitative estimate of drug-likeness (QED) is 0.275. The third-order valence-electron chi connectivity index (χ3n) is 5.35. The lowest BCUT2D eigenvalue weighted by Gasteiger charge is -2.17. The average molecular weight is 498 g/mol. The van der Waals surface area contributed by atoms with Crippen molar-refractivity contribution in [3.8, 4) is 5.88 Å². The Morgan fingerprint density at radius 3 is 2.66 bits per heavy atom. The predicted octanol–water partition coefficient (Wildman–Crippen LogP) is 5.21. The van der Waals surface area contributed by atoms with Crippen molar-refractivity contribution in [1.82, 2.24) is 9.47 Å². The molecule has 0 spiro atoms. The van der Waals surface area contributed by atoms with Gasteiger partial charge in [-0.3, -0.25) is 14.3 Å². The molecule has 0 atom stereocenters. The summed E-state index contributed by atoms with van der Waals surface area (Å²) in [7, 11) is 0. The summed E-state index contributed by atoms with van der Waals surface area (Å²) in [6.07, 6.45) is 2.30. The number of amides is 1. The topological polar surface area (TPSA) is 91.8 Å². The second-order valence-electron chi connectivity index (χ2n) is 7.64. The van der Waals surface area contributed by atoms with Crippen LogP contribution < -0.4 is 0 Å². The first kappa shape index (κ1) is 22.2. The third-order valence-corrected chi connectivity index (χ3v) is 5.85. The number of oxime groups is 1. The van der Waals surface area contributed by atoms with Crippen molar-refractivity contribution in [3.63, 3.8) is 0 Å². The maximum Gasteiger partial charge on any atom is 0.304 e. The van der Waals surface area contributed by atoms with Gasteiger partial charge in [0.15, 0.2) is 12.3 Å². The highest BCUT2D eigenvalue weighted by molar-refractivity contribution is 9.10. The lowest BCUT2D eigenvalue weighted by atomic mass is 10.1. The van der Waals surface area contributed by atoms with Crippen LogP contribution in [0.5, 0.6) is 5.88 Å². The van der Waals surface area contributed by atoms with Gasteiger partial charge in [0.2, 0.25) is 5.88 Å². The number of nitrogens with zero attached hydrogens (tertiary/aromatic N) is 5. The van der Waals surface area contributed by atoms with Crippen LogP contribution in [-0.2, 0) is 16.3 Å². The first-order valence-electron chi connectivity index (χ1n) is 10.4. The van der Waals surface area contributed by atoms with Gasteiger partial charge in [-0.2, -0.15) is 0 Å². The molecular formula is C23H24BrN5O3. The number of hydrogen-bond donors (Lipinski definition) is 1. The van der Waals surface area contributed by atoms with E-state index in [0.29, 0.717) is 17.8 Å². The molecule has 0 radical (unpaired) electrons. The van der Waals surface area contributed by atoms with Crippen molar-refractivity contribution in [3.05, 3.63) is 58.6 Å². The molecule has 1 aliphatic rings. The number of aromatic hydroxyl groups is 1. The molecule has 9 heteroatoms. The standard InChI is InChI=1S/C23H24BrN5O3/c1-16(17-7-3-2-4-8-17)27-32-14-21(30)25-26-22-19-13-18(24)9-10-20(19)29(23(22)31)15-28-11-5-6-12-28/h2-4,7-10,13,31H,5-6,11-12,14-15H2,1H3/b26-25?,27-16+. The third kappa shape index (κ3) is 5.05. The summed E-state index contributed by atoms with van der Waals surface area (Å²) in [5.74, 6) is -0.607. The van der Waals surface area contributed by atoms with Crippen LogP contribution in [0.1, 0.15) is 25.3 Å². The largest absolute Gasteiger partial charge is 0.493 e. The van der Waals surface area contributed by atoms with Crippen LogP contribution in [0.15, 0.2) is 68.4 Å². The maximum atomic E-state index is 12.2. The van der Waals surface area contributed by atoms with Gasteiger partial charge in [0.25, 0.3) is 0 Å². The van der Waals surface area contributed by atoms with E-state index in [1.165, 1.54) is 0 Å². The fraction of sp³-hybridized carbons (Fsp3) is 0.304. The molecule has 4 rings (SSSR count). The molecule has 0 aliphatic carbocycles. The van der Waals surface area contributed by atoms with E-state index < -0.39 is 5.91 Å². The average Bonchev–Trinajstić information content (AvgIpc) is 3.40. The van der Waals surface area contributed by atoms with Gasteiger partial charge >= 0.3 is 5.91 Å². The molecule has 2 heterocycles. The summed E-state index contributed by atoms with van der Waals surface area (Å²) in [4.78, 5) is 19.6. The number of rotatable bonds is 7. The second kappa shape index (κ2) is 10.1. The zero-order valence-electron chi connectivity index (χ0n) is 17.7. The van der Waals surface area contributed by atoms with Gasteiger partial charge in [-0.15, -0.1) is 10.2 Å². The smallest absolute Gasteiger partial charge is 0.304 e. The fourth-order valence-electron chi connectivity index (χ4n) is 3.71. The molecule has 32 heavy (non-hydrogen) atoms. The van der Waals surface area contributed by atoms with Gasteiger partial charge in [-0.05, 0) is 56.6 Å². The number of benzene rings is 2. The number of azo groups is 1. The van der Waals surface area contributed by atoms with E-state index in [4.69, 9.17) is 4.84 Å². The number of halogens is 1. The highest BCUT2D eigenvalue weighted by atomic mass is 79.9. The fourth-order valence-corrected chi connectivity index (χ4v) is 4.07. The Morgan fingerprint density at radius 2 is 1.91 bits per heavy atom. The Kier molecular flexibility index (Phi) is 6.96. The van der Waals surface area contributed by atoms with Crippen molar-refractivity contribution in [1.29, 1.82) is 0 Å². The monoisotopic (exact) mass is 497 g/mol. The molecule has 1 aromatic heterocycles. The van der Waals surface area contributed by atoms with Gasteiger partial charge in [-0.1, -0.05) is 51.4 Å². The summed E-state index contributed by atoms with van der Waals surface area (Å²) < 4.78 is 2.65. The summed E-state index contributed by atoms with van der Waals surface area (Å²) in [5, 5.41) is 23.3. The van der Waals surface area contributed by atoms with Crippen LogP contribution in [0.25, 0.3) is 10.9 Å². The van der Waals surface area contributed by atoms with Gasteiger partial charge in [0.1, 0.15) is 0 Å². The molecule has 0 unspecified atom stereocenters. The Balaban J connectivity index is 1.49. The van der Waals surface area contributed by atoms with E-state index in [1.54, 1.807) is 11.5 Å². The Bertz CT molecular complexity index is 1170. The van der Waals surface area contributed by atoms with Crippen LogP contribution in [0.2, 0.25) is 0 Å². The minimum atomic E-state index is -0.593. The molecule has 0 bridgehead atoms. The lowest BCUT2D eigenvalue weighted by molar-refractivity contribution is -0.122. The Morgan fingerprint density at radius 1 is 1.16 bits per heavy atom. The predicted molar refractivity (Wildman–Crippen MR) is 126 cm³/mol. The number of carbonyl (C=O) groups excluding carboxylic acids is 1. The molecule has 1 N–H and O–H groups in total. The summed E-state index contributed by atoms with van der Waals surface area (Å²) in [5.41, 5.74) is 2.65. The normalized spacial score (nSPS) is 15.1. The molecule has 1 aliphatic heterocycles. The van der Waals surface area contributed by atoms with Crippen LogP contribution in [0.3, 0.4) is 0 Å². The van der Waals surface area contributed by atoms with Gasteiger partial charge < -0.3 is 9.94 Å². The molecule has 8 nitrogen and oxygen atoms in total. The number of carbonyl (C=O) groups is 1. The zero-order chi connectivity index (χ0) is 22.5. The number of aromatic nitrogens is 1. The van der Waals surface area contributed by atoms with Crippen molar-refractivity contribution >= 4 is 44.1 Å². The van der Waals surface area contributed by atoms with E-state index in [0.717, 1.165) is 41.5 Å². The number of likely N-dealkylation sites (tertiary alicyclic amines) is 1. The van der Waals surface area contributed by atoms with Crippen LogP contribution in [0, 0.1) is 0 Å². The van der Waals surface area contributed by atoms with Crippen LogP contribution in [-0.4, -0.2) is 45.9 Å². The van der Waals surface area contributed by atoms with Gasteiger partial charge in [0, 0.05) is 9.86 Å². The molecule has 2 aromatic carbocycles. The Labute approximate surface area is 194 Å². The van der Waals surface area contributed by atoms with Crippen molar-refractivity contribution in [2.45, 2.75) is 26.4 Å². The molecule has 166 valence electrons. The molecular weight excluding hydrogens is 474 g/mol. The number of fused-ring (bicyclic) bond motifs is 1. The molecule has 1 fully saturated rings. The van der Waals surface area contributed by atoms with Gasteiger partial charge in [-0.25, -0.2) is 0 Å². The first-order chi connectivity index (χ1) is 15.5. The van der Waals surface area contributed by atoms with E-state index in [-0.39, 0.29) is 18.2 Å². The highest BCUT2D eigenvalue weighted by Crippen LogP contribution is 2.40. The van der Waals surface area contributed by atoms with Crippen molar-refractivity contribution < 1.29 is 14.7 Å². The van der Waals surface area contributed by atoms with E-state index in [2.05, 4.69) is 36.2 Å².